The quantitative estimate of drug-likeness (QED) is 0.469. The van der Waals surface area contributed by atoms with E-state index in [1.54, 1.807) is 72.8 Å². The second-order valence-electron chi connectivity index (χ2n) is 5.53. The van der Waals surface area contributed by atoms with Gasteiger partial charge >= 0.3 is 150 Å². The molecule has 0 bridgehead atoms. The van der Waals surface area contributed by atoms with Gasteiger partial charge in [-0.3, -0.25) is 0 Å². The molecule has 0 aromatic heterocycles. The summed E-state index contributed by atoms with van der Waals surface area (Å²) >= 11 is -4.74. The first-order valence-corrected chi connectivity index (χ1v) is 10.3. The van der Waals surface area contributed by atoms with E-state index in [-0.39, 0.29) is 0 Å². The fourth-order valence-electron chi connectivity index (χ4n) is 2.33. The van der Waals surface area contributed by atoms with E-state index in [2.05, 4.69) is 0 Å². The minimum atomic E-state index is -4.74. The van der Waals surface area contributed by atoms with Crippen molar-refractivity contribution in [3.63, 3.8) is 0 Å². The number of hydrogen-bond acceptors (Lipinski definition) is 6. The van der Waals surface area contributed by atoms with Gasteiger partial charge in [-0.15, -0.1) is 0 Å². The Bertz CT molecular complexity index is 895. The van der Waals surface area contributed by atoms with E-state index >= 15 is 0 Å². The standard InChI is InChI=1S/2C6H7NO.C6H6N.O.Ti/c2*7-5-2-1-3-6(8)4-5;7-6-4-2-1-3-5-6;;/h2*1-4,8H,7H2;1-2,4-5H,7H2;;/q;;;;+2/p-2. The van der Waals surface area contributed by atoms with Crippen LogP contribution in [0.15, 0.2) is 72.8 Å². The summed E-state index contributed by atoms with van der Waals surface area (Å²) in [4.78, 5) is 0. The first-order valence-electron chi connectivity index (χ1n) is 7.60. The van der Waals surface area contributed by atoms with Crippen LogP contribution in [0, 0.1) is 0 Å². The molecule has 0 aliphatic carbocycles. The van der Waals surface area contributed by atoms with Crippen molar-refractivity contribution in [2.24, 2.45) is 0 Å². The third-order valence-electron chi connectivity index (χ3n) is 3.46. The van der Waals surface area contributed by atoms with Crippen molar-refractivity contribution in [1.82, 2.24) is 0 Å². The Hall–Kier alpha value is -2.83. The molecule has 0 radical (unpaired) electrons. The van der Waals surface area contributed by atoms with Crippen LogP contribution in [-0.4, -0.2) is 0 Å². The fraction of sp³-hybridized carbons (Fsp3) is 0. The molecular weight excluding hydrogens is 354 g/mol. The summed E-state index contributed by atoms with van der Waals surface area (Å²) in [6.07, 6.45) is 0. The maximum absolute atomic E-state index is 13.6. The number of benzene rings is 3. The summed E-state index contributed by atoms with van der Waals surface area (Å²) in [6.45, 7) is 0. The van der Waals surface area contributed by atoms with Crippen LogP contribution in [0.1, 0.15) is 0 Å². The van der Waals surface area contributed by atoms with Gasteiger partial charge in [-0.05, 0) is 0 Å². The molecule has 0 aliphatic heterocycles. The van der Waals surface area contributed by atoms with Crippen molar-refractivity contribution >= 4 is 20.9 Å². The molecule has 3 rings (SSSR count). The summed E-state index contributed by atoms with van der Waals surface area (Å²) in [5, 5.41) is 0. The second kappa shape index (κ2) is 6.97. The fourth-order valence-corrected chi connectivity index (χ4v) is 5.14. The topological polar surface area (TPSA) is 114 Å². The number of nitrogen functional groups attached to an aromatic ring is 3. The summed E-state index contributed by atoms with van der Waals surface area (Å²) < 4.78 is 25.6. The van der Waals surface area contributed by atoms with Crippen LogP contribution in [0.3, 0.4) is 0 Å². The number of anilines is 3. The van der Waals surface area contributed by atoms with E-state index < -0.39 is 17.3 Å². The van der Waals surface area contributed by atoms with Gasteiger partial charge in [0.2, 0.25) is 0 Å². The van der Waals surface area contributed by atoms with E-state index in [1.807, 2.05) is 0 Å². The van der Waals surface area contributed by atoms with E-state index in [9.17, 15) is 3.32 Å². The molecule has 0 saturated carbocycles. The Balaban J connectivity index is 2.02. The van der Waals surface area contributed by atoms with Gasteiger partial charge in [-0.1, -0.05) is 0 Å². The average molecular weight is 372 g/mol. The van der Waals surface area contributed by atoms with Crippen molar-refractivity contribution in [2.45, 2.75) is 0 Å². The Morgan fingerprint density at radius 3 is 1.52 bits per heavy atom. The zero-order valence-electron chi connectivity index (χ0n) is 13.4. The monoisotopic (exact) mass is 372 g/mol. The van der Waals surface area contributed by atoms with Gasteiger partial charge in [-0.2, -0.15) is 0 Å². The van der Waals surface area contributed by atoms with Crippen LogP contribution in [0.4, 0.5) is 17.1 Å². The van der Waals surface area contributed by atoms with Gasteiger partial charge in [0.15, 0.2) is 0 Å². The van der Waals surface area contributed by atoms with Crippen LogP contribution >= 0.6 is 0 Å². The number of rotatable bonds is 5. The van der Waals surface area contributed by atoms with Crippen molar-refractivity contribution in [2.75, 3.05) is 17.2 Å². The molecule has 0 heterocycles. The van der Waals surface area contributed by atoms with Gasteiger partial charge in [0, 0.05) is 0 Å². The molecule has 0 amide bonds. The van der Waals surface area contributed by atoms with Crippen LogP contribution < -0.4 is 27.7 Å². The molecule has 3 aromatic rings. The summed E-state index contributed by atoms with van der Waals surface area (Å²) in [5.41, 5.74) is 18.8. The molecular formula is C18H18N3O3Ti. The zero-order chi connectivity index (χ0) is 17.9. The maximum atomic E-state index is 13.6. The van der Waals surface area contributed by atoms with Crippen LogP contribution in [0.2, 0.25) is 0 Å². The molecule has 0 fully saturated rings. The minimum absolute atomic E-state index is 0.362. The van der Waals surface area contributed by atoms with Gasteiger partial charge in [0.05, 0.1) is 0 Å². The van der Waals surface area contributed by atoms with Crippen LogP contribution in [0.25, 0.3) is 0 Å². The Morgan fingerprint density at radius 2 is 1.08 bits per heavy atom. The van der Waals surface area contributed by atoms with Crippen LogP contribution in [-0.2, 0) is 20.7 Å². The Kier molecular flexibility index (Phi) is 4.74. The Morgan fingerprint density at radius 1 is 0.640 bits per heavy atom. The van der Waals surface area contributed by atoms with E-state index in [4.69, 9.17) is 23.8 Å². The molecule has 6 N–H and O–H groups in total. The molecule has 6 nitrogen and oxygen atoms in total. The molecule has 25 heavy (non-hydrogen) atoms. The van der Waals surface area contributed by atoms with Crippen molar-refractivity contribution in [3.8, 4) is 11.5 Å². The normalized spacial score (nSPS) is 11.0. The van der Waals surface area contributed by atoms with Crippen LogP contribution in [0.5, 0.6) is 11.5 Å². The summed E-state index contributed by atoms with van der Waals surface area (Å²) in [7, 11) is 0. The molecule has 0 atom stereocenters. The summed E-state index contributed by atoms with van der Waals surface area (Å²) in [5.74, 6) is 0.725. The van der Waals surface area contributed by atoms with Crippen molar-refractivity contribution in [1.29, 1.82) is 0 Å². The third-order valence-corrected chi connectivity index (χ3v) is 6.63. The van der Waals surface area contributed by atoms with E-state index in [0.717, 1.165) is 0 Å². The van der Waals surface area contributed by atoms with Gasteiger partial charge in [0.1, 0.15) is 0 Å². The molecule has 0 saturated heterocycles. The Labute approximate surface area is 149 Å². The molecule has 127 valence electrons. The SMILES string of the molecule is Nc1cccc([O][Ti](=[O])([O]c2cccc(N)c2)[c]2cccc(N)c2)c1. The van der Waals surface area contributed by atoms with E-state index in [1.165, 1.54) is 0 Å². The molecule has 0 spiro atoms. The first kappa shape index (κ1) is 17.0. The third kappa shape index (κ3) is 4.18. The summed E-state index contributed by atoms with van der Waals surface area (Å²) in [6, 6.07) is 20.0. The number of nitrogens with two attached hydrogens (primary N) is 3. The van der Waals surface area contributed by atoms with Gasteiger partial charge < -0.3 is 0 Å². The predicted octanol–water partition coefficient (Wildman–Crippen LogP) is 2.55. The molecule has 0 aliphatic rings. The van der Waals surface area contributed by atoms with Crippen molar-refractivity contribution in [3.05, 3.63) is 72.8 Å². The van der Waals surface area contributed by atoms with Gasteiger partial charge in [-0.25, -0.2) is 0 Å². The average Bonchev–Trinajstić information content (AvgIpc) is 2.55. The zero-order valence-corrected chi connectivity index (χ0v) is 14.9. The van der Waals surface area contributed by atoms with E-state index in [0.29, 0.717) is 32.4 Å². The molecule has 3 aromatic carbocycles. The molecule has 0 unspecified atom stereocenters. The molecule has 7 heteroatoms. The first-order chi connectivity index (χ1) is 11.9. The number of hydrogen-bond donors (Lipinski definition) is 3. The second-order valence-corrected chi connectivity index (χ2v) is 8.81. The van der Waals surface area contributed by atoms with Gasteiger partial charge in [0.25, 0.3) is 0 Å². The van der Waals surface area contributed by atoms with Crippen molar-refractivity contribution < 1.29 is 27.3 Å². The predicted molar refractivity (Wildman–Crippen MR) is 94.1 cm³/mol.